The molecule has 0 bridgehead atoms. The molecule has 1 rings (SSSR count). The van der Waals surface area contributed by atoms with Gasteiger partial charge in [-0.25, -0.2) is 0 Å². The molecule has 0 aliphatic heterocycles. The SMILES string of the molecule is C/C=C\c1c(/C=C\C)c(/C=C\C)n(C)c1/C=C\C. The number of hydrogen-bond acceptors (Lipinski definition) is 0. The van der Waals surface area contributed by atoms with Gasteiger partial charge in [-0.2, -0.15) is 0 Å². The summed E-state index contributed by atoms with van der Waals surface area (Å²) in [5.74, 6) is 0. The van der Waals surface area contributed by atoms with Crippen LogP contribution >= 0.6 is 0 Å². The van der Waals surface area contributed by atoms with Gasteiger partial charge < -0.3 is 4.57 Å². The van der Waals surface area contributed by atoms with E-state index in [0.29, 0.717) is 0 Å². The third kappa shape index (κ3) is 2.73. The molecule has 0 N–H and O–H groups in total. The van der Waals surface area contributed by atoms with Gasteiger partial charge in [0.15, 0.2) is 0 Å². The average molecular weight is 241 g/mol. The lowest BCUT2D eigenvalue weighted by Crippen LogP contribution is -1.94. The van der Waals surface area contributed by atoms with Crippen LogP contribution in [0.4, 0.5) is 0 Å². The Morgan fingerprint density at radius 1 is 0.611 bits per heavy atom. The first-order valence-corrected chi connectivity index (χ1v) is 6.44. The minimum Gasteiger partial charge on any atom is -0.344 e. The van der Waals surface area contributed by atoms with Crippen LogP contribution in [0.15, 0.2) is 24.3 Å². The third-order valence-corrected chi connectivity index (χ3v) is 2.88. The molecule has 0 aromatic carbocycles. The normalized spacial score (nSPS) is 12.9. The second kappa shape index (κ2) is 6.85. The molecule has 0 fully saturated rings. The van der Waals surface area contributed by atoms with E-state index in [4.69, 9.17) is 0 Å². The first-order chi connectivity index (χ1) is 8.71. The van der Waals surface area contributed by atoms with Crippen LogP contribution < -0.4 is 0 Å². The van der Waals surface area contributed by atoms with Crippen LogP contribution in [0.5, 0.6) is 0 Å². The maximum absolute atomic E-state index is 2.24. The van der Waals surface area contributed by atoms with E-state index >= 15 is 0 Å². The van der Waals surface area contributed by atoms with Crippen LogP contribution in [-0.2, 0) is 7.05 Å². The van der Waals surface area contributed by atoms with Gasteiger partial charge in [0.2, 0.25) is 0 Å². The highest BCUT2D eigenvalue weighted by Crippen LogP contribution is 2.27. The lowest BCUT2D eigenvalue weighted by molar-refractivity contribution is 0.900. The predicted octanol–water partition coefficient (Wildman–Crippen LogP) is 5.16. The van der Waals surface area contributed by atoms with Crippen LogP contribution in [0.3, 0.4) is 0 Å². The van der Waals surface area contributed by atoms with Gasteiger partial charge in [-0.15, -0.1) is 0 Å². The van der Waals surface area contributed by atoms with Gasteiger partial charge in [0, 0.05) is 29.6 Å². The van der Waals surface area contributed by atoms with Crippen molar-refractivity contribution in [2.24, 2.45) is 7.05 Å². The summed E-state index contributed by atoms with van der Waals surface area (Å²) in [6.07, 6.45) is 17.0. The molecule has 1 heteroatoms. The molecular formula is C17H23N. The largest absolute Gasteiger partial charge is 0.344 e. The van der Waals surface area contributed by atoms with Crippen LogP contribution in [0, 0.1) is 0 Å². The van der Waals surface area contributed by atoms with Gasteiger partial charge in [0.25, 0.3) is 0 Å². The van der Waals surface area contributed by atoms with Crippen LogP contribution in [-0.4, -0.2) is 4.57 Å². The molecule has 0 radical (unpaired) electrons. The number of allylic oxidation sites excluding steroid dienone is 4. The first-order valence-electron chi connectivity index (χ1n) is 6.44. The highest BCUT2D eigenvalue weighted by Gasteiger charge is 2.13. The molecule has 0 aliphatic rings. The Hall–Kier alpha value is -1.76. The van der Waals surface area contributed by atoms with Crippen molar-refractivity contribution < 1.29 is 0 Å². The Balaban J connectivity index is 3.66. The van der Waals surface area contributed by atoms with Crippen molar-refractivity contribution in [3.63, 3.8) is 0 Å². The van der Waals surface area contributed by atoms with E-state index in [1.54, 1.807) is 0 Å². The molecule has 0 aliphatic carbocycles. The van der Waals surface area contributed by atoms with E-state index in [-0.39, 0.29) is 0 Å². The molecule has 1 heterocycles. The second-order valence-electron chi connectivity index (χ2n) is 4.16. The zero-order valence-electron chi connectivity index (χ0n) is 12.1. The highest BCUT2D eigenvalue weighted by molar-refractivity contribution is 5.79. The first kappa shape index (κ1) is 14.3. The summed E-state index contributed by atoms with van der Waals surface area (Å²) >= 11 is 0. The topological polar surface area (TPSA) is 4.93 Å². The smallest absolute Gasteiger partial charge is 0.0485 e. The van der Waals surface area contributed by atoms with E-state index in [1.165, 1.54) is 22.5 Å². The lowest BCUT2D eigenvalue weighted by Gasteiger charge is -2.01. The number of rotatable bonds is 4. The van der Waals surface area contributed by atoms with E-state index < -0.39 is 0 Å². The fourth-order valence-corrected chi connectivity index (χ4v) is 2.17. The summed E-state index contributed by atoms with van der Waals surface area (Å²) < 4.78 is 2.24. The molecule has 1 aromatic rings. The monoisotopic (exact) mass is 241 g/mol. The summed E-state index contributed by atoms with van der Waals surface area (Å²) in [7, 11) is 2.12. The van der Waals surface area contributed by atoms with E-state index in [9.17, 15) is 0 Å². The summed E-state index contributed by atoms with van der Waals surface area (Å²) in [6.45, 7) is 8.22. The Morgan fingerprint density at radius 2 is 0.944 bits per heavy atom. The predicted molar refractivity (Wildman–Crippen MR) is 84.2 cm³/mol. The Bertz CT molecular complexity index is 463. The maximum Gasteiger partial charge on any atom is 0.0485 e. The molecule has 0 unspecified atom stereocenters. The quantitative estimate of drug-likeness (QED) is 0.686. The standard InChI is InChI=1S/C17H23N/c1-6-10-14-15(11-7-2)17(13-9-4)18(5)16(14)12-8-3/h6-13H,1-5H3/b10-6-,11-7-,12-8-,13-9-. The van der Waals surface area contributed by atoms with Crippen molar-refractivity contribution in [3.8, 4) is 0 Å². The molecule has 1 aromatic heterocycles. The van der Waals surface area contributed by atoms with Crippen molar-refractivity contribution in [3.05, 3.63) is 46.8 Å². The number of aromatic nitrogens is 1. The molecule has 0 saturated heterocycles. The molecule has 0 atom stereocenters. The van der Waals surface area contributed by atoms with Crippen molar-refractivity contribution >= 4 is 24.3 Å². The number of hydrogen-bond donors (Lipinski definition) is 0. The molecule has 0 spiro atoms. The van der Waals surface area contributed by atoms with Gasteiger partial charge in [-0.05, 0) is 39.8 Å². The molecule has 0 saturated carbocycles. The molecule has 18 heavy (non-hydrogen) atoms. The minimum absolute atomic E-state index is 1.25. The Morgan fingerprint density at radius 3 is 1.22 bits per heavy atom. The molecule has 96 valence electrons. The van der Waals surface area contributed by atoms with Crippen molar-refractivity contribution in [1.29, 1.82) is 0 Å². The lowest BCUT2D eigenvalue weighted by atomic mass is 10.1. The molecule has 1 nitrogen and oxygen atoms in total. The summed E-state index contributed by atoms with van der Waals surface area (Å²) in [5.41, 5.74) is 5.06. The van der Waals surface area contributed by atoms with Gasteiger partial charge in [-0.3, -0.25) is 0 Å². The van der Waals surface area contributed by atoms with Crippen molar-refractivity contribution in [2.75, 3.05) is 0 Å². The molecule has 0 amide bonds. The van der Waals surface area contributed by atoms with Gasteiger partial charge in [0.05, 0.1) is 0 Å². The molecular weight excluding hydrogens is 218 g/mol. The fraction of sp³-hybridized carbons (Fsp3) is 0.294. The van der Waals surface area contributed by atoms with E-state index in [0.717, 1.165) is 0 Å². The second-order valence-corrected chi connectivity index (χ2v) is 4.16. The van der Waals surface area contributed by atoms with Crippen molar-refractivity contribution in [1.82, 2.24) is 4.57 Å². The van der Waals surface area contributed by atoms with E-state index in [1.807, 2.05) is 0 Å². The summed E-state index contributed by atoms with van der Waals surface area (Å²) in [5, 5.41) is 0. The van der Waals surface area contributed by atoms with Crippen LogP contribution in [0.1, 0.15) is 50.2 Å². The van der Waals surface area contributed by atoms with E-state index in [2.05, 4.69) is 87.9 Å². The summed E-state index contributed by atoms with van der Waals surface area (Å²) in [6, 6.07) is 0. The zero-order valence-corrected chi connectivity index (χ0v) is 12.1. The minimum atomic E-state index is 1.25. The highest BCUT2D eigenvalue weighted by atomic mass is 15.0. The van der Waals surface area contributed by atoms with Gasteiger partial charge >= 0.3 is 0 Å². The van der Waals surface area contributed by atoms with Crippen molar-refractivity contribution in [2.45, 2.75) is 27.7 Å². The van der Waals surface area contributed by atoms with Crippen LogP contribution in [0.2, 0.25) is 0 Å². The fourth-order valence-electron chi connectivity index (χ4n) is 2.17. The van der Waals surface area contributed by atoms with Gasteiger partial charge in [-0.1, -0.05) is 36.5 Å². The summed E-state index contributed by atoms with van der Waals surface area (Å²) in [4.78, 5) is 0. The number of nitrogens with zero attached hydrogens (tertiary/aromatic N) is 1. The third-order valence-electron chi connectivity index (χ3n) is 2.88. The Labute approximate surface area is 111 Å². The Kier molecular flexibility index (Phi) is 5.44. The average Bonchev–Trinajstić information content (AvgIpc) is 2.58. The maximum atomic E-state index is 2.24. The van der Waals surface area contributed by atoms with Crippen LogP contribution in [0.25, 0.3) is 24.3 Å². The van der Waals surface area contributed by atoms with Gasteiger partial charge in [0.1, 0.15) is 0 Å². The zero-order chi connectivity index (χ0) is 13.5.